The Bertz CT molecular complexity index is 1440. The predicted octanol–water partition coefficient (Wildman–Crippen LogP) is 5.66. The molecule has 1 fully saturated rings. The van der Waals surface area contributed by atoms with Crippen LogP contribution >= 0.6 is 0 Å². The summed E-state index contributed by atoms with van der Waals surface area (Å²) in [5.74, 6) is -0.761. The maximum absolute atomic E-state index is 13.6. The summed E-state index contributed by atoms with van der Waals surface area (Å²) in [5.41, 5.74) is 3.17. The monoisotopic (exact) mass is 650 g/mol. The van der Waals surface area contributed by atoms with E-state index < -0.39 is 30.3 Å². The summed E-state index contributed by atoms with van der Waals surface area (Å²) in [7, 11) is 0. The van der Waals surface area contributed by atoms with Crippen LogP contribution in [0.25, 0.3) is 11.1 Å². The summed E-state index contributed by atoms with van der Waals surface area (Å²) < 4.78 is 39.3. The Balaban J connectivity index is 1.08. The summed E-state index contributed by atoms with van der Waals surface area (Å²) in [6.45, 7) is 1.13. The average molecular weight is 651 g/mol. The molecule has 3 aromatic rings. The van der Waals surface area contributed by atoms with E-state index in [1.165, 1.54) is 5.56 Å². The molecule has 2 unspecified atom stereocenters. The molecule has 1 heterocycles. The minimum absolute atomic E-state index is 0.00958. The predicted molar refractivity (Wildman–Crippen MR) is 176 cm³/mol. The highest BCUT2D eigenvalue weighted by Gasteiger charge is 2.49. The molecule has 252 valence electrons. The van der Waals surface area contributed by atoms with E-state index in [0.717, 1.165) is 54.6 Å². The number of nitrogens with one attached hydrogen (secondary N) is 3. The van der Waals surface area contributed by atoms with Gasteiger partial charge in [0.25, 0.3) is 0 Å². The van der Waals surface area contributed by atoms with Crippen LogP contribution in [0, 0.1) is 0 Å². The molecule has 1 aliphatic heterocycles. The number of hydrogen-bond acceptors (Lipinski definition) is 5. The van der Waals surface area contributed by atoms with E-state index in [4.69, 9.17) is 0 Å². The van der Waals surface area contributed by atoms with Crippen LogP contribution in [-0.4, -0.2) is 66.4 Å². The number of nitrogens with zero attached hydrogens (tertiary/aromatic N) is 1. The van der Waals surface area contributed by atoms with Gasteiger partial charge in [0, 0.05) is 32.1 Å². The Hall–Kier alpha value is -3.73. The molecule has 0 bridgehead atoms. The van der Waals surface area contributed by atoms with Gasteiger partial charge >= 0.3 is 6.18 Å². The van der Waals surface area contributed by atoms with Crippen LogP contribution in [0.1, 0.15) is 68.1 Å². The third-order valence-electron chi connectivity index (χ3n) is 9.41. The van der Waals surface area contributed by atoms with E-state index in [9.17, 15) is 27.9 Å². The Kier molecular flexibility index (Phi) is 11.7. The number of halogens is 3. The lowest BCUT2D eigenvalue weighted by atomic mass is 9.73. The van der Waals surface area contributed by atoms with Crippen LogP contribution in [0.5, 0.6) is 0 Å². The number of piperidine rings is 1. The van der Waals surface area contributed by atoms with Crippen molar-refractivity contribution in [3.05, 3.63) is 95.6 Å². The summed E-state index contributed by atoms with van der Waals surface area (Å²) in [6.07, 6.45) is 0.358. The largest absolute Gasteiger partial charge is 0.405 e. The second kappa shape index (κ2) is 15.9. The molecule has 1 saturated heterocycles. The number of unbranched alkanes of at least 4 members (excludes halogenated alkanes) is 2. The molecule has 5 rings (SSSR count). The first-order valence-electron chi connectivity index (χ1n) is 16.7. The van der Waals surface area contributed by atoms with Gasteiger partial charge in [0.05, 0.1) is 0 Å². The number of alkyl halides is 3. The number of likely N-dealkylation sites (tertiary alicyclic amines) is 1. The van der Waals surface area contributed by atoms with Crippen molar-refractivity contribution in [1.29, 1.82) is 0 Å². The van der Waals surface area contributed by atoms with Crippen LogP contribution in [0.3, 0.4) is 0 Å². The summed E-state index contributed by atoms with van der Waals surface area (Å²) >= 11 is 0. The molecule has 7 nitrogen and oxygen atoms in total. The zero-order valence-corrected chi connectivity index (χ0v) is 26.7. The van der Waals surface area contributed by atoms with Gasteiger partial charge in [-0.05, 0) is 60.0 Å². The van der Waals surface area contributed by atoms with Crippen LogP contribution < -0.4 is 16.0 Å². The number of rotatable bonds is 15. The molecule has 2 aliphatic rings. The van der Waals surface area contributed by atoms with E-state index in [1.807, 2.05) is 66.7 Å². The number of fused-ring (bicyclic) bond motifs is 3. The number of aliphatic hydroxyl groups excluding tert-OH is 1. The van der Waals surface area contributed by atoms with Crippen molar-refractivity contribution in [3.8, 4) is 11.1 Å². The topological polar surface area (TPSA) is 93.7 Å². The molecule has 2 amide bonds. The second-order valence-corrected chi connectivity index (χ2v) is 12.6. The molecule has 3 aromatic carbocycles. The van der Waals surface area contributed by atoms with E-state index in [-0.39, 0.29) is 18.4 Å². The summed E-state index contributed by atoms with van der Waals surface area (Å²) in [4.78, 5) is 28.4. The maximum Gasteiger partial charge on any atom is 0.405 e. The number of benzene rings is 3. The van der Waals surface area contributed by atoms with Crippen molar-refractivity contribution >= 4 is 11.8 Å². The molecule has 0 saturated carbocycles. The van der Waals surface area contributed by atoms with Crippen molar-refractivity contribution in [3.63, 3.8) is 0 Å². The fourth-order valence-electron chi connectivity index (χ4n) is 7.15. The van der Waals surface area contributed by atoms with Gasteiger partial charge in [0.2, 0.25) is 11.8 Å². The van der Waals surface area contributed by atoms with Crippen LogP contribution in [0.4, 0.5) is 13.2 Å². The standard InChI is InChI=1S/C37H45F3N4O3/c38-37(39,40)26-43-35(47)36(30-17-7-5-15-28(30)29-16-6-8-18-31(29)36)21-10-2-11-22-41-33(45)20-23-42-34(46)32-19-9-12-24-44(32)25-27-13-3-1-4-14-27/h1,3-8,13-18,32,34,42,46H,2,9-12,19-26H2,(H,41,45)(H,43,47). The Labute approximate surface area is 274 Å². The molecule has 1 aliphatic carbocycles. The molecular weight excluding hydrogens is 605 g/mol. The minimum atomic E-state index is -4.51. The van der Waals surface area contributed by atoms with E-state index >= 15 is 0 Å². The zero-order chi connectivity index (χ0) is 33.3. The van der Waals surface area contributed by atoms with Gasteiger partial charge in [-0.25, -0.2) is 0 Å². The average Bonchev–Trinajstić information content (AvgIpc) is 3.36. The van der Waals surface area contributed by atoms with E-state index in [2.05, 4.69) is 33.0 Å². The molecule has 0 radical (unpaired) electrons. The first kappa shape index (κ1) is 34.6. The first-order valence-corrected chi connectivity index (χ1v) is 16.7. The fraction of sp³-hybridized carbons (Fsp3) is 0.459. The van der Waals surface area contributed by atoms with E-state index in [1.54, 1.807) is 0 Å². The molecular formula is C37H45F3N4O3. The zero-order valence-electron chi connectivity index (χ0n) is 26.7. The molecule has 0 spiro atoms. The van der Waals surface area contributed by atoms with Gasteiger partial charge in [-0.3, -0.25) is 19.8 Å². The molecule has 47 heavy (non-hydrogen) atoms. The summed E-state index contributed by atoms with van der Waals surface area (Å²) in [5, 5.41) is 19.1. The van der Waals surface area contributed by atoms with Gasteiger partial charge < -0.3 is 15.7 Å². The molecule has 4 N–H and O–H groups in total. The number of aliphatic hydroxyl groups is 1. The highest BCUT2D eigenvalue weighted by atomic mass is 19.4. The first-order chi connectivity index (χ1) is 22.7. The van der Waals surface area contributed by atoms with Crippen LogP contribution in [0.15, 0.2) is 78.9 Å². The number of carbonyl (C=O) groups is 2. The molecule has 2 atom stereocenters. The van der Waals surface area contributed by atoms with Crippen LogP contribution in [-0.2, 0) is 21.5 Å². The van der Waals surface area contributed by atoms with Crippen molar-refractivity contribution in [2.75, 3.05) is 26.2 Å². The summed E-state index contributed by atoms with van der Waals surface area (Å²) in [6, 6.07) is 25.1. The second-order valence-electron chi connectivity index (χ2n) is 12.6. The SMILES string of the molecule is O=C(CCNC(O)C1CCCCN1Cc1ccccc1)NCCCCCC1(C(=O)NCC(F)(F)F)c2ccccc2-c2ccccc21. The lowest BCUT2D eigenvalue weighted by Gasteiger charge is -2.38. The third kappa shape index (κ3) is 8.60. The van der Waals surface area contributed by atoms with Gasteiger partial charge in [-0.2, -0.15) is 13.2 Å². The Morgan fingerprint density at radius 3 is 2.19 bits per heavy atom. The number of amides is 2. The molecule has 0 aromatic heterocycles. The lowest BCUT2D eigenvalue weighted by Crippen LogP contribution is -2.52. The minimum Gasteiger partial charge on any atom is -0.377 e. The van der Waals surface area contributed by atoms with Gasteiger partial charge in [-0.15, -0.1) is 0 Å². The smallest absolute Gasteiger partial charge is 0.377 e. The maximum atomic E-state index is 13.6. The fourth-order valence-corrected chi connectivity index (χ4v) is 7.15. The van der Waals surface area contributed by atoms with Crippen molar-refractivity contribution in [2.45, 2.75) is 81.8 Å². The Morgan fingerprint density at radius 2 is 1.51 bits per heavy atom. The van der Waals surface area contributed by atoms with Crippen LogP contribution in [0.2, 0.25) is 0 Å². The van der Waals surface area contributed by atoms with Crippen molar-refractivity contribution < 1.29 is 27.9 Å². The third-order valence-corrected chi connectivity index (χ3v) is 9.41. The van der Waals surface area contributed by atoms with Crippen molar-refractivity contribution in [1.82, 2.24) is 20.9 Å². The normalized spacial score (nSPS) is 17.8. The van der Waals surface area contributed by atoms with Gasteiger partial charge in [0.1, 0.15) is 18.2 Å². The quantitative estimate of drug-likeness (QED) is 0.126. The highest BCUT2D eigenvalue weighted by Crippen LogP contribution is 2.51. The lowest BCUT2D eigenvalue weighted by molar-refractivity contribution is -0.141. The van der Waals surface area contributed by atoms with Crippen molar-refractivity contribution in [2.24, 2.45) is 0 Å². The number of hydrogen-bond donors (Lipinski definition) is 4. The van der Waals surface area contributed by atoms with Gasteiger partial charge in [-0.1, -0.05) is 98.1 Å². The Morgan fingerprint density at radius 1 is 0.851 bits per heavy atom. The number of carbonyl (C=O) groups excluding carboxylic acids is 2. The van der Waals surface area contributed by atoms with E-state index in [0.29, 0.717) is 38.8 Å². The molecule has 10 heteroatoms. The van der Waals surface area contributed by atoms with Gasteiger partial charge in [0.15, 0.2) is 0 Å². The highest BCUT2D eigenvalue weighted by molar-refractivity contribution is 6.00.